The highest BCUT2D eigenvalue weighted by molar-refractivity contribution is 6.33. The summed E-state index contributed by atoms with van der Waals surface area (Å²) in [5.41, 5.74) is 8.10. The molecule has 1 saturated carbocycles. The van der Waals surface area contributed by atoms with Gasteiger partial charge in [-0.05, 0) is 43.4 Å². The Morgan fingerprint density at radius 3 is 2.58 bits per heavy atom. The molecule has 2 rings (SSSR count). The van der Waals surface area contributed by atoms with Crippen molar-refractivity contribution in [3.05, 3.63) is 28.8 Å². The van der Waals surface area contributed by atoms with E-state index in [2.05, 4.69) is 24.1 Å². The van der Waals surface area contributed by atoms with Crippen LogP contribution < -0.4 is 10.6 Å². The van der Waals surface area contributed by atoms with E-state index in [-0.39, 0.29) is 6.04 Å². The van der Waals surface area contributed by atoms with E-state index in [1.165, 1.54) is 32.1 Å². The molecule has 1 aromatic rings. The van der Waals surface area contributed by atoms with E-state index in [1.54, 1.807) is 0 Å². The first-order valence-corrected chi connectivity index (χ1v) is 7.72. The van der Waals surface area contributed by atoms with Crippen LogP contribution in [-0.2, 0) is 0 Å². The third-order valence-electron chi connectivity index (χ3n) is 4.17. The lowest BCUT2D eigenvalue weighted by molar-refractivity contribution is 0.362. The molecule has 1 aliphatic rings. The Morgan fingerprint density at radius 2 is 2.00 bits per heavy atom. The minimum absolute atomic E-state index is 0.0372. The van der Waals surface area contributed by atoms with Gasteiger partial charge in [-0.1, -0.05) is 36.9 Å². The van der Waals surface area contributed by atoms with Crippen LogP contribution in [0, 0.1) is 5.92 Å². The zero-order valence-corrected chi connectivity index (χ0v) is 12.8. The number of nitrogens with zero attached hydrogens (tertiary/aromatic N) is 1. The zero-order chi connectivity index (χ0) is 13.8. The molecule has 1 atom stereocenters. The number of hydrogen-bond acceptors (Lipinski definition) is 2. The van der Waals surface area contributed by atoms with Crippen molar-refractivity contribution < 1.29 is 0 Å². The number of halogens is 1. The predicted molar refractivity (Wildman–Crippen MR) is 83.9 cm³/mol. The maximum Gasteiger partial charge on any atom is 0.0642 e. The normalized spacial score (nSPS) is 18.3. The smallest absolute Gasteiger partial charge is 0.0642 e. The van der Waals surface area contributed by atoms with Crippen LogP contribution in [0.15, 0.2) is 18.2 Å². The second kappa shape index (κ2) is 6.62. The molecule has 0 saturated heterocycles. The zero-order valence-electron chi connectivity index (χ0n) is 12.0. The van der Waals surface area contributed by atoms with Crippen molar-refractivity contribution >= 4 is 17.3 Å². The second-order valence-corrected chi connectivity index (χ2v) is 6.29. The molecule has 1 aliphatic carbocycles. The Balaban J connectivity index is 2.03. The molecule has 0 unspecified atom stereocenters. The molecule has 2 nitrogen and oxygen atoms in total. The summed E-state index contributed by atoms with van der Waals surface area (Å²) in [6.07, 6.45) is 6.90. The van der Waals surface area contributed by atoms with E-state index in [0.29, 0.717) is 0 Å². The Kier molecular flexibility index (Phi) is 5.12. The van der Waals surface area contributed by atoms with E-state index in [1.807, 2.05) is 13.0 Å². The first kappa shape index (κ1) is 14.7. The van der Waals surface area contributed by atoms with Gasteiger partial charge in [-0.3, -0.25) is 0 Å². The molecule has 0 aromatic heterocycles. The molecule has 0 spiro atoms. The summed E-state index contributed by atoms with van der Waals surface area (Å²) in [6, 6.07) is 6.22. The molecule has 1 aromatic carbocycles. The van der Waals surface area contributed by atoms with Crippen LogP contribution in [0.5, 0.6) is 0 Å². The van der Waals surface area contributed by atoms with Crippen LogP contribution in [0.2, 0.25) is 5.02 Å². The average molecular weight is 281 g/mol. The lowest BCUT2D eigenvalue weighted by Crippen LogP contribution is -2.27. The SMILES string of the molecule is C[C@H](N)c1ccc(N(C)CC2CCCCC2)c(Cl)c1. The summed E-state index contributed by atoms with van der Waals surface area (Å²) >= 11 is 6.39. The highest BCUT2D eigenvalue weighted by Gasteiger charge is 2.17. The van der Waals surface area contributed by atoms with Crippen LogP contribution in [0.3, 0.4) is 0 Å². The Labute approximate surface area is 121 Å². The first-order valence-electron chi connectivity index (χ1n) is 7.34. The van der Waals surface area contributed by atoms with Gasteiger partial charge in [0.05, 0.1) is 10.7 Å². The van der Waals surface area contributed by atoms with Crippen molar-refractivity contribution in [3.63, 3.8) is 0 Å². The van der Waals surface area contributed by atoms with Crippen LogP contribution >= 0.6 is 11.6 Å². The molecule has 19 heavy (non-hydrogen) atoms. The van der Waals surface area contributed by atoms with Crippen molar-refractivity contribution in [2.75, 3.05) is 18.5 Å². The number of hydrogen-bond donors (Lipinski definition) is 1. The third-order valence-corrected chi connectivity index (χ3v) is 4.47. The maximum absolute atomic E-state index is 6.39. The van der Waals surface area contributed by atoms with E-state index in [9.17, 15) is 0 Å². The standard InChI is InChI=1S/C16H25ClN2/c1-12(18)14-8-9-16(15(17)10-14)19(2)11-13-6-4-3-5-7-13/h8-10,12-13H,3-7,11,18H2,1-2H3/t12-/m0/s1. The van der Waals surface area contributed by atoms with E-state index in [0.717, 1.165) is 28.7 Å². The van der Waals surface area contributed by atoms with Crippen molar-refractivity contribution in [1.29, 1.82) is 0 Å². The summed E-state index contributed by atoms with van der Waals surface area (Å²) in [7, 11) is 2.14. The van der Waals surface area contributed by atoms with E-state index in [4.69, 9.17) is 17.3 Å². The fraction of sp³-hybridized carbons (Fsp3) is 0.625. The molecule has 3 heteroatoms. The van der Waals surface area contributed by atoms with Gasteiger partial charge in [0.15, 0.2) is 0 Å². The van der Waals surface area contributed by atoms with Gasteiger partial charge in [0.2, 0.25) is 0 Å². The molecular formula is C16H25ClN2. The van der Waals surface area contributed by atoms with Gasteiger partial charge in [0.1, 0.15) is 0 Å². The fourth-order valence-electron chi connectivity index (χ4n) is 2.97. The highest BCUT2D eigenvalue weighted by Crippen LogP contribution is 2.30. The number of rotatable bonds is 4. The molecule has 106 valence electrons. The Hall–Kier alpha value is -0.730. The number of benzene rings is 1. The topological polar surface area (TPSA) is 29.3 Å². The predicted octanol–water partition coefficient (Wildman–Crippen LogP) is 4.38. The van der Waals surface area contributed by atoms with Gasteiger partial charge in [-0.25, -0.2) is 0 Å². The van der Waals surface area contributed by atoms with E-state index >= 15 is 0 Å². The molecular weight excluding hydrogens is 256 g/mol. The molecule has 0 radical (unpaired) electrons. The molecule has 0 heterocycles. The lowest BCUT2D eigenvalue weighted by atomic mass is 9.89. The molecule has 0 aliphatic heterocycles. The summed E-state index contributed by atoms with van der Waals surface area (Å²) < 4.78 is 0. The van der Waals surface area contributed by atoms with Crippen molar-refractivity contribution in [1.82, 2.24) is 0 Å². The summed E-state index contributed by atoms with van der Waals surface area (Å²) in [5.74, 6) is 0.822. The van der Waals surface area contributed by atoms with Crippen molar-refractivity contribution in [3.8, 4) is 0 Å². The van der Waals surface area contributed by atoms with Gasteiger partial charge in [-0.2, -0.15) is 0 Å². The largest absolute Gasteiger partial charge is 0.373 e. The quantitative estimate of drug-likeness (QED) is 0.887. The van der Waals surface area contributed by atoms with E-state index < -0.39 is 0 Å². The van der Waals surface area contributed by atoms with Crippen molar-refractivity contribution in [2.24, 2.45) is 11.7 Å². The van der Waals surface area contributed by atoms with Gasteiger partial charge in [0.25, 0.3) is 0 Å². The average Bonchev–Trinajstić information content (AvgIpc) is 2.39. The molecule has 0 amide bonds. The van der Waals surface area contributed by atoms with Gasteiger partial charge in [0, 0.05) is 19.6 Å². The van der Waals surface area contributed by atoms with Gasteiger partial charge >= 0.3 is 0 Å². The summed E-state index contributed by atoms with van der Waals surface area (Å²) in [4.78, 5) is 2.29. The summed E-state index contributed by atoms with van der Waals surface area (Å²) in [6.45, 7) is 3.09. The maximum atomic E-state index is 6.39. The fourth-order valence-corrected chi connectivity index (χ4v) is 3.30. The molecule has 0 bridgehead atoms. The van der Waals surface area contributed by atoms with Gasteiger partial charge < -0.3 is 10.6 Å². The third kappa shape index (κ3) is 3.87. The van der Waals surface area contributed by atoms with Crippen LogP contribution in [-0.4, -0.2) is 13.6 Å². The first-order chi connectivity index (χ1) is 9.08. The minimum atomic E-state index is 0.0372. The molecule has 2 N–H and O–H groups in total. The van der Waals surface area contributed by atoms with Crippen molar-refractivity contribution in [2.45, 2.75) is 45.1 Å². The Bertz CT molecular complexity index is 411. The van der Waals surface area contributed by atoms with Crippen LogP contribution in [0.4, 0.5) is 5.69 Å². The number of anilines is 1. The Morgan fingerprint density at radius 1 is 1.32 bits per heavy atom. The highest BCUT2D eigenvalue weighted by atomic mass is 35.5. The second-order valence-electron chi connectivity index (χ2n) is 5.88. The monoisotopic (exact) mass is 280 g/mol. The van der Waals surface area contributed by atoms with Crippen LogP contribution in [0.1, 0.15) is 50.6 Å². The lowest BCUT2D eigenvalue weighted by Gasteiger charge is -2.29. The molecule has 1 fully saturated rings. The summed E-state index contributed by atoms with van der Waals surface area (Å²) in [5, 5.41) is 0.813. The number of nitrogens with two attached hydrogens (primary N) is 1. The van der Waals surface area contributed by atoms with Crippen LogP contribution in [0.25, 0.3) is 0 Å². The van der Waals surface area contributed by atoms with Gasteiger partial charge in [-0.15, -0.1) is 0 Å². The minimum Gasteiger partial charge on any atom is -0.373 e.